The zero-order valence-electron chi connectivity index (χ0n) is 10.3. The van der Waals surface area contributed by atoms with Crippen molar-refractivity contribution in [3.8, 4) is 0 Å². The Morgan fingerprint density at radius 2 is 2.28 bits per heavy atom. The van der Waals surface area contributed by atoms with Crippen LogP contribution in [0.1, 0.15) is 16.1 Å². The van der Waals surface area contributed by atoms with E-state index in [9.17, 15) is 4.79 Å². The number of aromatic nitrogens is 3. The van der Waals surface area contributed by atoms with Gasteiger partial charge in [-0.1, -0.05) is 0 Å². The molecular weight excluding hydrogens is 230 g/mol. The van der Waals surface area contributed by atoms with Crippen molar-refractivity contribution >= 4 is 11.6 Å². The van der Waals surface area contributed by atoms with E-state index < -0.39 is 0 Å². The normalized spacial score (nSPS) is 10.1. The van der Waals surface area contributed by atoms with Crippen LogP contribution >= 0.6 is 0 Å². The molecule has 0 aliphatic heterocycles. The zero-order valence-corrected chi connectivity index (χ0v) is 10.3. The lowest BCUT2D eigenvalue weighted by Crippen LogP contribution is -2.24. The monoisotopic (exact) mass is 245 g/mol. The van der Waals surface area contributed by atoms with E-state index in [0.717, 1.165) is 11.4 Å². The summed E-state index contributed by atoms with van der Waals surface area (Å²) in [6.07, 6.45) is 5.02. The summed E-state index contributed by atoms with van der Waals surface area (Å²) in [4.78, 5) is 15.9. The van der Waals surface area contributed by atoms with E-state index in [1.807, 2.05) is 19.3 Å². The Morgan fingerprint density at radius 3 is 2.94 bits per heavy atom. The average Bonchev–Trinajstić information content (AvgIpc) is 2.81. The number of carbonyl (C=O) groups excluding carboxylic acids is 1. The highest BCUT2D eigenvalue weighted by Gasteiger charge is 2.10. The Bertz CT molecular complexity index is 549. The van der Waals surface area contributed by atoms with Gasteiger partial charge in [0.05, 0.1) is 17.8 Å². The number of amides is 1. The number of nitrogens with one attached hydrogen (secondary N) is 2. The lowest BCUT2D eigenvalue weighted by Gasteiger charge is -2.08. The summed E-state index contributed by atoms with van der Waals surface area (Å²) in [7, 11) is 3.61. The Balaban J connectivity index is 2.03. The molecule has 0 radical (unpaired) electrons. The SMILES string of the molecule is CNc1ccncc1C(=O)NCc1ccn(C)n1. The number of carbonyl (C=O) groups is 1. The van der Waals surface area contributed by atoms with Gasteiger partial charge in [-0.15, -0.1) is 0 Å². The molecule has 0 atom stereocenters. The first-order valence-corrected chi connectivity index (χ1v) is 5.59. The van der Waals surface area contributed by atoms with Crippen LogP contribution in [0.3, 0.4) is 0 Å². The number of aryl methyl sites for hydroxylation is 1. The molecule has 2 aromatic heterocycles. The van der Waals surface area contributed by atoms with Crippen LogP contribution in [0.4, 0.5) is 5.69 Å². The zero-order chi connectivity index (χ0) is 13.0. The molecule has 2 aromatic rings. The van der Waals surface area contributed by atoms with Gasteiger partial charge in [-0.05, 0) is 12.1 Å². The van der Waals surface area contributed by atoms with Gasteiger partial charge < -0.3 is 10.6 Å². The Labute approximate surface area is 105 Å². The fourth-order valence-corrected chi connectivity index (χ4v) is 1.62. The van der Waals surface area contributed by atoms with E-state index in [0.29, 0.717) is 12.1 Å². The van der Waals surface area contributed by atoms with Crippen molar-refractivity contribution in [3.63, 3.8) is 0 Å². The third-order valence-electron chi connectivity index (χ3n) is 2.53. The van der Waals surface area contributed by atoms with E-state index in [-0.39, 0.29) is 5.91 Å². The molecule has 0 bridgehead atoms. The topological polar surface area (TPSA) is 71.8 Å². The molecule has 0 aromatic carbocycles. The minimum atomic E-state index is -0.168. The van der Waals surface area contributed by atoms with Crippen LogP contribution in [0.25, 0.3) is 0 Å². The van der Waals surface area contributed by atoms with Gasteiger partial charge in [-0.3, -0.25) is 14.5 Å². The van der Waals surface area contributed by atoms with Crippen LogP contribution in [0.2, 0.25) is 0 Å². The van der Waals surface area contributed by atoms with Gasteiger partial charge in [0.15, 0.2) is 0 Å². The van der Waals surface area contributed by atoms with E-state index in [1.54, 1.807) is 30.2 Å². The number of hydrogen-bond donors (Lipinski definition) is 2. The quantitative estimate of drug-likeness (QED) is 0.835. The second-order valence-corrected chi connectivity index (χ2v) is 3.83. The molecule has 0 fully saturated rings. The standard InChI is InChI=1S/C12H15N5O/c1-13-11-3-5-14-8-10(11)12(18)15-7-9-4-6-17(2)16-9/h3-6,8H,7H2,1-2H3,(H,13,14)(H,15,18). The van der Waals surface area contributed by atoms with Gasteiger partial charge in [0.1, 0.15) is 0 Å². The summed E-state index contributed by atoms with van der Waals surface area (Å²) in [6.45, 7) is 0.401. The molecule has 94 valence electrons. The van der Waals surface area contributed by atoms with E-state index in [2.05, 4.69) is 20.7 Å². The molecule has 18 heavy (non-hydrogen) atoms. The number of hydrogen-bond acceptors (Lipinski definition) is 4. The molecule has 0 spiro atoms. The van der Waals surface area contributed by atoms with Gasteiger partial charge >= 0.3 is 0 Å². The van der Waals surface area contributed by atoms with Crippen LogP contribution in [0, 0.1) is 0 Å². The van der Waals surface area contributed by atoms with Gasteiger partial charge in [0.2, 0.25) is 0 Å². The summed E-state index contributed by atoms with van der Waals surface area (Å²) in [5.41, 5.74) is 2.10. The first-order chi connectivity index (χ1) is 8.70. The molecular formula is C12H15N5O. The van der Waals surface area contributed by atoms with Crippen LogP contribution in [-0.2, 0) is 13.6 Å². The fraction of sp³-hybridized carbons (Fsp3) is 0.250. The lowest BCUT2D eigenvalue weighted by molar-refractivity contribution is 0.0951. The Morgan fingerprint density at radius 1 is 1.44 bits per heavy atom. The minimum absolute atomic E-state index is 0.168. The first kappa shape index (κ1) is 12.1. The predicted molar refractivity (Wildman–Crippen MR) is 68.2 cm³/mol. The molecule has 1 amide bonds. The van der Waals surface area contributed by atoms with Crippen molar-refractivity contribution in [1.82, 2.24) is 20.1 Å². The Hall–Kier alpha value is -2.37. The molecule has 2 rings (SSSR count). The molecule has 6 nitrogen and oxygen atoms in total. The summed E-state index contributed by atoms with van der Waals surface area (Å²) >= 11 is 0. The molecule has 0 saturated carbocycles. The van der Waals surface area contributed by atoms with Crippen molar-refractivity contribution in [3.05, 3.63) is 42.0 Å². The largest absolute Gasteiger partial charge is 0.387 e. The highest BCUT2D eigenvalue weighted by atomic mass is 16.1. The second kappa shape index (κ2) is 5.31. The number of nitrogens with zero attached hydrogens (tertiary/aromatic N) is 3. The van der Waals surface area contributed by atoms with Crippen molar-refractivity contribution in [2.75, 3.05) is 12.4 Å². The van der Waals surface area contributed by atoms with Gasteiger partial charge in [0, 0.05) is 38.4 Å². The summed E-state index contributed by atoms with van der Waals surface area (Å²) in [5.74, 6) is -0.168. The second-order valence-electron chi connectivity index (χ2n) is 3.83. The number of rotatable bonds is 4. The Kier molecular flexibility index (Phi) is 3.57. The van der Waals surface area contributed by atoms with Crippen LogP contribution in [0.15, 0.2) is 30.7 Å². The van der Waals surface area contributed by atoms with E-state index in [1.165, 1.54) is 0 Å². The van der Waals surface area contributed by atoms with Gasteiger partial charge in [0.25, 0.3) is 5.91 Å². The third-order valence-corrected chi connectivity index (χ3v) is 2.53. The van der Waals surface area contributed by atoms with Crippen LogP contribution < -0.4 is 10.6 Å². The van der Waals surface area contributed by atoms with Crippen molar-refractivity contribution < 1.29 is 4.79 Å². The van der Waals surface area contributed by atoms with Gasteiger partial charge in [-0.25, -0.2) is 0 Å². The van der Waals surface area contributed by atoms with Crippen molar-refractivity contribution in [2.24, 2.45) is 7.05 Å². The predicted octanol–water partition coefficient (Wildman–Crippen LogP) is 0.787. The highest BCUT2D eigenvalue weighted by molar-refractivity contribution is 5.99. The summed E-state index contributed by atoms with van der Waals surface area (Å²) in [6, 6.07) is 3.62. The van der Waals surface area contributed by atoms with Crippen LogP contribution in [-0.4, -0.2) is 27.7 Å². The summed E-state index contributed by atoms with van der Waals surface area (Å²) < 4.78 is 1.70. The van der Waals surface area contributed by atoms with E-state index >= 15 is 0 Å². The number of pyridine rings is 1. The maximum absolute atomic E-state index is 12.0. The summed E-state index contributed by atoms with van der Waals surface area (Å²) in [5, 5.41) is 9.96. The fourth-order valence-electron chi connectivity index (χ4n) is 1.62. The molecule has 0 aliphatic rings. The highest BCUT2D eigenvalue weighted by Crippen LogP contribution is 2.12. The molecule has 6 heteroatoms. The van der Waals surface area contributed by atoms with E-state index in [4.69, 9.17) is 0 Å². The third kappa shape index (κ3) is 2.65. The van der Waals surface area contributed by atoms with Crippen LogP contribution in [0.5, 0.6) is 0 Å². The average molecular weight is 245 g/mol. The molecule has 2 heterocycles. The minimum Gasteiger partial charge on any atom is -0.387 e. The maximum atomic E-state index is 12.0. The van der Waals surface area contributed by atoms with Gasteiger partial charge in [-0.2, -0.15) is 5.10 Å². The maximum Gasteiger partial charge on any atom is 0.255 e. The molecule has 0 aliphatic carbocycles. The lowest BCUT2D eigenvalue weighted by atomic mass is 10.2. The number of anilines is 1. The molecule has 0 saturated heterocycles. The molecule has 2 N–H and O–H groups in total. The smallest absolute Gasteiger partial charge is 0.255 e. The molecule has 0 unspecified atom stereocenters. The first-order valence-electron chi connectivity index (χ1n) is 5.59. The van der Waals surface area contributed by atoms with Crippen molar-refractivity contribution in [1.29, 1.82) is 0 Å². The van der Waals surface area contributed by atoms with Crippen molar-refractivity contribution in [2.45, 2.75) is 6.54 Å².